The average molecular weight is 346 g/mol. The van der Waals surface area contributed by atoms with Crippen molar-refractivity contribution >= 4 is 17.7 Å². The Morgan fingerprint density at radius 3 is 2.12 bits per heavy atom. The highest BCUT2D eigenvalue weighted by Gasteiger charge is 2.56. The number of carbonyl (C=O) groups is 3. The number of nitrogens with one attached hydrogen (secondary N) is 1. The van der Waals surface area contributed by atoms with Crippen LogP contribution in [0.3, 0.4) is 0 Å². The third kappa shape index (κ3) is 2.70. The van der Waals surface area contributed by atoms with Crippen LogP contribution in [0.2, 0.25) is 0 Å². The molecule has 5 nitrogen and oxygen atoms in total. The maximum atomic E-state index is 13.2. The number of urea groups is 1. The van der Waals surface area contributed by atoms with Crippen molar-refractivity contribution in [3.63, 3.8) is 0 Å². The van der Waals surface area contributed by atoms with Crippen molar-refractivity contribution in [3.05, 3.63) is 0 Å². The van der Waals surface area contributed by atoms with E-state index in [1.165, 1.54) is 24.2 Å². The van der Waals surface area contributed by atoms with Crippen molar-refractivity contribution in [3.8, 4) is 0 Å². The molecule has 25 heavy (non-hydrogen) atoms. The molecule has 1 atom stereocenters. The van der Waals surface area contributed by atoms with Gasteiger partial charge in [0.05, 0.1) is 6.54 Å². The molecule has 4 saturated carbocycles. The molecule has 1 heterocycles. The van der Waals surface area contributed by atoms with E-state index in [9.17, 15) is 14.4 Å². The minimum atomic E-state index is -0.868. The predicted molar refractivity (Wildman–Crippen MR) is 93.7 cm³/mol. The van der Waals surface area contributed by atoms with Gasteiger partial charge in [-0.2, -0.15) is 0 Å². The summed E-state index contributed by atoms with van der Waals surface area (Å²) < 4.78 is 0. The Morgan fingerprint density at radius 1 is 1.12 bits per heavy atom. The second kappa shape index (κ2) is 5.55. The quantitative estimate of drug-likeness (QED) is 0.778. The second-order valence-corrected chi connectivity index (χ2v) is 9.87. The molecule has 5 fully saturated rings. The standard InChI is InChI=1S/C20H30N2O3/c1-12(2)7-19(3)17(24)22(18(25)21-19)11-16(23)20-8-13-4-14(9-20)6-15(5-13)10-20/h12-15H,4-11H2,1-3H3,(H,21,25)/t13?,14?,15?,19-,20?/m1/s1. The Morgan fingerprint density at radius 2 is 1.64 bits per heavy atom. The first-order valence-electron chi connectivity index (χ1n) is 9.88. The maximum Gasteiger partial charge on any atom is 0.325 e. The third-order valence-electron chi connectivity index (χ3n) is 7.09. The zero-order valence-electron chi connectivity index (χ0n) is 15.6. The normalized spacial score (nSPS) is 42.4. The fourth-order valence-electron chi connectivity index (χ4n) is 6.61. The molecule has 138 valence electrons. The molecule has 0 aromatic carbocycles. The van der Waals surface area contributed by atoms with Crippen LogP contribution in [0, 0.1) is 29.1 Å². The lowest BCUT2D eigenvalue weighted by molar-refractivity contribution is -0.147. The third-order valence-corrected chi connectivity index (χ3v) is 7.09. The molecular formula is C20H30N2O3. The van der Waals surface area contributed by atoms with Crippen LogP contribution >= 0.6 is 0 Å². The molecule has 0 radical (unpaired) electrons. The highest BCUT2D eigenvalue weighted by Crippen LogP contribution is 2.60. The summed E-state index contributed by atoms with van der Waals surface area (Å²) in [4.78, 5) is 39.6. The summed E-state index contributed by atoms with van der Waals surface area (Å²) in [7, 11) is 0. The summed E-state index contributed by atoms with van der Waals surface area (Å²) in [5.74, 6) is 2.25. The zero-order chi connectivity index (χ0) is 18.0. The summed E-state index contributed by atoms with van der Waals surface area (Å²) in [5.41, 5.74) is -1.13. The first-order chi connectivity index (χ1) is 11.7. The molecule has 4 bridgehead atoms. The molecule has 0 unspecified atom stereocenters. The lowest BCUT2D eigenvalue weighted by atomic mass is 9.48. The Balaban J connectivity index is 1.50. The van der Waals surface area contributed by atoms with Crippen LogP contribution < -0.4 is 5.32 Å². The number of ketones is 1. The number of rotatable bonds is 5. The molecule has 3 amide bonds. The van der Waals surface area contributed by atoms with Gasteiger partial charge in [0.25, 0.3) is 5.91 Å². The fraction of sp³-hybridized carbons (Fsp3) is 0.850. The lowest BCUT2D eigenvalue weighted by Gasteiger charge is -2.56. The monoisotopic (exact) mass is 346 g/mol. The number of amides is 3. The lowest BCUT2D eigenvalue weighted by Crippen LogP contribution is -2.53. The number of hydrogen-bond donors (Lipinski definition) is 1. The highest BCUT2D eigenvalue weighted by atomic mass is 16.2. The van der Waals surface area contributed by atoms with E-state index in [2.05, 4.69) is 5.32 Å². The number of hydrogen-bond acceptors (Lipinski definition) is 3. The van der Waals surface area contributed by atoms with Gasteiger partial charge in [-0.25, -0.2) is 4.79 Å². The Bertz CT molecular complexity index is 591. The van der Waals surface area contributed by atoms with Gasteiger partial charge in [-0.05, 0) is 75.5 Å². The van der Waals surface area contributed by atoms with Crippen LogP contribution in [0.5, 0.6) is 0 Å². The molecule has 0 spiro atoms. The van der Waals surface area contributed by atoms with Crippen molar-refractivity contribution in [1.29, 1.82) is 0 Å². The molecule has 0 aromatic rings. The van der Waals surface area contributed by atoms with Gasteiger partial charge < -0.3 is 5.32 Å². The molecular weight excluding hydrogens is 316 g/mol. The van der Waals surface area contributed by atoms with Gasteiger partial charge in [0.2, 0.25) is 0 Å². The van der Waals surface area contributed by atoms with Gasteiger partial charge in [-0.15, -0.1) is 0 Å². The molecule has 1 N–H and O–H groups in total. The topological polar surface area (TPSA) is 66.5 Å². The SMILES string of the molecule is CC(C)C[C@@]1(C)NC(=O)N(CC(=O)C23CC4CC(CC(C4)C2)C3)C1=O. The summed E-state index contributed by atoms with van der Waals surface area (Å²) in [6.45, 7) is 5.81. The first-order valence-corrected chi connectivity index (χ1v) is 9.88. The largest absolute Gasteiger partial charge is 0.325 e. The molecule has 4 aliphatic carbocycles. The molecule has 1 aliphatic heterocycles. The van der Waals surface area contributed by atoms with E-state index in [0.717, 1.165) is 19.3 Å². The fourth-order valence-corrected chi connectivity index (χ4v) is 6.61. The van der Waals surface area contributed by atoms with E-state index in [-0.39, 0.29) is 23.7 Å². The molecule has 5 heteroatoms. The maximum absolute atomic E-state index is 13.2. The van der Waals surface area contributed by atoms with Gasteiger partial charge in [-0.1, -0.05) is 13.8 Å². The van der Waals surface area contributed by atoms with Crippen LogP contribution in [0.4, 0.5) is 4.79 Å². The summed E-state index contributed by atoms with van der Waals surface area (Å²) in [6.07, 6.45) is 7.37. The Hall–Kier alpha value is -1.39. The number of nitrogens with zero attached hydrogens (tertiary/aromatic N) is 1. The number of Topliss-reactive ketones (excluding diaryl/α,β-unsaturated/α-hetero) is 1. The zero-order valence-corrected chi connectivity index (χ0v) is 15.6. The molecule has 5 aliphatic rings. The van der Waals surface area contributed by atoms with Crippen LogP contribution in [0.25, 0.3) is 0 Å². The summed E-state index contributed by atoms with van der Waals surface area (Å²) >= 11 is 0. The van der Waals surface area contributed by atoms with Gasteiger partial charge in [0, 0.05) is 5.41 Å². The van der Waals surface area contributed by atoms with Gasteiger partial charge >= 0.3 is 6.03 Å². The van der Waals surface area contributed by atoms with Crippen molar-refractivity contribution in [2.45, 2.75) is 71.3 Å². The minimum absolute atomic E-state index is 0.0372. The number of carbonyl (C=O) groups excluding carboxylic acids is 3. The second-order valence-electron chi connectivity index (χ2n) is 9.87. The van der Waals surface area contributed by atoms with E-state index in [1.54, 1.807) is 6.92 Å². The summed E-state index contributed by atoms with van der Waals surface area (Å²) in [5, 5.41) is 2.83. The van der Waals surface area contributed by atoms with Crippen LogP contribution in [-0.2, 0) is 9.59 Å². The van der Waals surface area contributed by atoms with E-state index in [0.29, 0.717) is 30.1 Å². The summed E-state index contributed by atoms with van der Waals surface area (Å²) in [6, 6.07) is -0.397. The van der Waals surface area contributed by atoms with Crippen LogP contribution in [0.1, 0.15) is 65.7 Å². The smallest absolute Gasteiger partial charge is 0.323 e. The van der Waals surface area contributed by atoms with E-state index in [1.807, 2.05) is 13.8 Å². The van der Waals surface area contributed by atoms with E-state index < -0.39 is 11.6 Å². The van der Waals surface area contributed by atoms with Gasteiger partial charge in [0.15, 0.2) is 5.78 Å². The van der Waals surface area contributed by atoms with Crippen molar-refractivity contribution in [2.24, 2.45) is 29.1 Å². The van der Waals surface area contributed by atoms with Crippen molar-refractivity contribution in [2.75, 3.05) is 6.54 Å². The van der Waals surface area contributed by atoms with Crippen molar-refractivity contribution < 1.29 is 14.4 Å². The van der Waals surface area contributed by atoms with Gasteiger partial charge in [0.1, 0.15) is 5.54 Å². The molecule has 0 aromatic heterocycles. The number of imide groups is 1. The van der Waals surface area contributed by atoms with Gasteiger partial charge in [-0.3, -0.25) is 14.5 Å². The van der Waals surface area contributed by atoms with Crippen LogP contribution in [0.15, 0.2) is 0 Å². The van der Waals surface area contributed by atoms with Crippen molar-refractivity contribution in [1.82, 2.24) is 10.2 Å². The molecule has 1 saturated heterocycles. The first kappa shape index (κ1) is 17.0. The highest BCUT2D eigenvalue weighted by molar-refractivity contribution is 6.09. The predicted octanol–water partition coefficient (Wildman–Crippen LogP) is 3.13. The Labute approximate surface area is 149 Å². The molecule has 5 rings (SSSR count). The Kier molecular flexibility index (Phi) is 3.79. The average Bonchev–Trinajstić information content (AvgIpc) is 2.68. The van der Waals surface area contributed by atoms with E-state index >= 15 is 0 Å². The van der Waals surface area contributed by atoms with Crippen LogP contribution in [-0.4, -0.2) is 34.7 Å². The van der Waals surface area contributed by atoms with E-state index in [4.69, 9.17) is 0 Å². The minimum Gasteiger partial charge on any atom is -0.323 e.